The molecule has 1 amide bonds. The number of fused-ring (bicyclic) bond motifs is 1. The molecule has 0 aliphatic carbocycles. The summed E-state index contributed by atoms with van der Waals surface area (Å²) in [5.41, 5.74) is 4.58. The van der Waals surface area contributed by atoms with Crippen molar-refractivity contribution >= 4 is 28.3 Å². The van der Waals surface area contributed by atoms with Crippen molar-refractivity contribution in [1.82, 2.24) is 4.57 Å². The lowest BCUT2D eigenvalue weighted by atomic mass is 9.92. The van der Waals surface area contributed by atoms with Gasteiger partial charge in [0.2, 0.25) is 0 Å². The number of nitrogens with zero attached hydrogens (tertiary/aromatic N) is 2. The maximum atomic E-state index is 13.0. The van der Waals surface area contributed by atoms with Crippen molar-refractivity contribution in [3.05, 3.63) is 94.7 Å². The van der Waals surface area contributed by atoms with Gasteiger partial charge < -0.3 is 5.32 Å². The van der Waals surface area contributed by atoms with Gasteiger partial charge in [0, 0.05) is 35.0 Å². The van der Waals surface area contributed by atoms with Crippen LogP contribution < -0.4 is 5.32 Å². The Morgan fingerprint density at radius 2 is 1.60 bits per heavy atom. The van der Waals surface area contributed by atoms with Crippen LogP contribution in [0.1, 0.15) is 25.3 Å². The van der Waals surface area contributed by atoms with Gasteiger partial charge in [0.15, 0.2) is 0 Å². The molecule has 0 spiro atoms. The first kappa shape index (κ1) is 19.4. The number of aromatic nitrogens is 1. The van der Waals surface area contributed by atoms with Crippen molar-refractivity contribution in [2.75, 3.05) is 5.32 Å². The lowest BCUT2D eigenvalue weighted by Crippen LogP contribution is -2.18. The molecule has 0 saturated heterocycles. The van der Waals surface area contributed by atoms with Gasteiger partial charge in [-0.25, -0.2) is 4.79 Å². The number of hydrogen-bond donors (Lipinski definition) is 1. The molecule has 0 saturated carbocycles. The van der Waals surface area contributed by atoms with Gasteiger partial charge in [-0.1, -0.05) is 56.3 Å². The van der Waals surface area contributed by atoms with E-state index in [1.54, 1.807) is 4.57 Å². The van der Waals surface area contributed by atoms with Crippen LogP contribution >= 0.6 is 0 Å². The van der Waals surface area contributed by atoms with E-state index in [1.165, 1.54) is 29.8 Å². The molecular formula is C24H21N3O3. The van der Waals surface area contributed by atoms with Gasteiger partial charge in [-0.3, -0.25) is 14.7 Å². The molecule has 3 aromatic carbocycles. The number of carbonyl (C=O) groups excluding carboxylic acids is 1. The lowest BCUT2D eigenvalue weighted by Gasteiger charge is -2.12. The smallest absolute Gasteiger partial charge is 0.307 e. The highest BCUT2D eigenvalue weighted by Crippen LogP contribution is 2.35. The zero-order chi connectivity index (χ0) is 21.3. The molecule has 0 radical (unpaired) electrons. The third-order valence-electron chi connectivity index (χ3n) is 5.13. The first-order valence-electron chi connectivity index (χ1n) is 9.71. The minimum Gasteiger partial charge on any atom is -0.307 e. The second kappa shape index (κ2) is 7.83. The molecule has 1 heterocycles. The summed E-state index contributed by atoms with van der Waals surface area (Å²) in [6.45, 7) is 4.30. The van der Waals surface area contributed by atoms with Gasteiger partial charge in [0.1, 0.15) is 0 Å². The number of anilines is 1. The molecular weight excluding hydrogens is 378 g/mol. The van der Waals surface area contributed by atoms with E-state index in [1.807, 2.05) is 42.6 Å². The van der Waals surface area contributed by atoms with Crippen LogP contribution in [0.15, 0.2) is 79.0 Å². The number of non-ortho nitro benzene ring substituents is 1. The number of nitro groups is 1. The first-order chi connectivity index (χ1) is 14.5. The summed E-state index contributed by atoms with van der Waals surface area (Å²) in [6, 6.07) is 21.5. The fourth-order valence-electron chi connectivity index (χ4n) is 3.66. The minimum atomic E-state index is -0.469. The maximum Gasteiger partial charge on any atom is 0.330 e. The largest absolute Gasteiger partial charge is 0.330 e. The van der Waals surface area contributed by atoms with Gasteiger partial charge in [-0.2, -0.15) is 0 Å². The molecule has 0 atom stereocenters. The Bertz CT molecular complexity index is 1240. The highest BCUT2D eigenvalue weighted by molar-refractivity contribution is 6.05. The van der Waals surface area contributed by atoms with Crippen molar-refractivity contribution in [2.45, 2.75) is 19.8 Å². The van der Waals surface area contributed by atoms with Crippen LogP contribution in [0.3, 0.4) is 0 Å². The summed E-state index contributed by atoms with van der Waals surface area (Å²) in [7, 11) is 0. The Morgan fingerprint density at radius 1 is 0.933 bits per heavy atom. The van der Waals surface area contributed by atoms with E-state index in [2.05, 4.69) is 31.3 Å². The molecule has 0 unspecified atom stereocenters. The molecule has 1 aromatic heterocycles. The van der Waals surface area contributed by atoms with Gasteiger partial charge >= 0.3 is 6.03 Å². The second-order valence-electron chi connectivity index (χ2n) is 7.41. The lowest BCUT2D eigenvalue weighted by molar-refractivity contribution is -0.384. The molecule has 0 aliphatic rings. The van der Waals surface area contributed by atoms with E-state index in [9.17, 15) is 14.9 Å². The number of hydrogen-bond acceptors (Lipinski definition) is 3. The molecule has 0 aliphatic heterocycles. The Kier molecular flexibility index (Phi) is 5.06. The molecule has 6 heteroatoms. The van der Waals surface area contributed by atoms with E-state index < -0.39 is 4.92 Å². The molecule has 6 nitrogen and oxygen atoms in total. The summed E-state index contributed by atoms with van der Waals surface area (Å²) in [4.78, 5) is 23.4. The van der Waals surface area contributed by atoms with Crippen LogP contribution in [0.2, 0.25) is 0 Å². The minimum absolute atomic E-state index is 0.0213. The van der Waals surface area contributed by atoms with Gasteiger partial charge in [-0.15, -0.1) is 0 Å². The molecule has 4 rings (SSSR count). The topological polar surface area (TPSA) is 77.2 Å². The quantitative estimate of drug-likeness (QED) is 0.318. The molecule has 0 bridgehead atoms. The predicted molar refractivity (Wildman–Crippen MR) is 119 cm³/mol. The number of nitrogens with one attached hydrogen (secondary N) is 1. The molecule has 1 N–H and O–H groups in total. The second-order valence-corrected chi connectivity index (χ2v) is 7.41. The average Bonchev–Trinajstić information content (AvgIpc) is 3.14. The highest BCUT2D eigenvalue weighted by atomic mass is 16.6. The monoisotopic (exact) mass is 399 g/mol. The van der Waals surface area contributed by atoms with Gasteiger partial charge in [-0.05, 0) is 35.2 Å². The number of benzene rings is 3. The van der Waals surface area contributed by atoms with Crippen LogP contribution in [-0.4, -0.2) is 15.5 Å². The van der Waals surface area contributed by atoms with E-state index in [0.29, 0.717) is 11.6 Å². The van der Waals surface area contributed by atoms with Crippen molar-refractivity contribution in [1.29, 1.82) is 0 Å². The zero-order valence-corrected chi connectivity index (χ0v) is 16.7. The Morgan fingerprint density at radius 3 is 2.30 bits per heavy atom. The van der Waals surface area contributed by atoms with Gasteiger partial charge in [0.05, 0.1) is 10.4 Å². The Hall–Kier alpha value is -3.93. The average molecular weight is 399 g/mol. The third-order valence-corrected chi connectivity index (χ3v) is 5.13. The maximum absolute atomic E-state index is 13.0. The molecule has 150 valence electrons. The third kappa shape index (κ3) is 3.55. The Balaban J connectivity index is 1.76. The first-order valence-corrected chi connectivity index (χ1v) is 9.71. The van der Waals surface area contributed by atoms with Gasteiger partial charge in [0.25, 0.3) is 5.69 Å². The van der Waals surface area contributed by atoms with Crippen molar-refractivity contribution in [2.24, 2.45) is 0 Å². The molecule has 30 heavy (non-hydrogen) atoms. The van der Waals surface area contributed by atoms with E-state index >= 15 is 0 Å². The Labute approximate surface area is 173 Å². The predicted octanol–water partition coefficient (Wildman–Crippen LogP) is 6.42. The summed E-state index contributed by atoms with van der Waals surface area (Å²) >= 11 is 0. The van der Waals surface area contributed by atoms with Crippen molar-refractivity contribution in [3.63, 3.8) is 0 Å². The fraction of sp³-hybridized carbons (Fsp3) is 0.125. The number of nitro benzene ring substituents is 1. The normalized spacial score (nSPS) is 11.0. The summed E-state index contributed by atoms with van der Waals surface area (Å²) in [6.07, 6.45) is 1.85. The standard InChI is InChI=1S/C24H21N3O3/c1-16(2)19-7-3-4-8-20(19)22-15-26(23-10-6-5-9-21(22)23)24(28)25-17-11-13-18(14-12-17)27(29)30/h3-16H,1-2H3,(H,25,28). The fourth-order valence-corrected chi connectivity index (χ4v) is 3.66. The van der Waals surface area contributed by atoms with Crippen LogP contribution in [0, 0.1) is 10.1 Å². The molecule has 4 aromatic rings. The number of carbonyl (C=O) groups is 1. The number of para-hydroxylation sites is 1. The summed E-state index contributed by atoms with van der Waals surface area (Å²) < 4.78 is 1.59. The van der Waals surface area contributed by atoms with E-state index in [0.717, 1.165) is 22.0 Å². The number of rotatable bonds is 4. The molecule has 0 fully saturated rings. The van der Waals surface area contributed by atoms with Crippen LogP contribution in [0.5, 0.6) is 0 Å². The van der Waals surface area contributed by atoms with Crippen LogP contribution in [-0.2, 0) is 0 Å². The van der Waals surface area contributed by atoms with Crippen LogP contribution in [0.25, 0.3) is 22.0 Å². The highest BCUT2D eigenvalue weighted by Gasteiger charge is 2.17. The summed E-state index contributed by atoms with van der Waals surface area (Å²) in [5, 5.41) is 14.6. The van der Waals surface area contributed by atoms with Crippen LogP contribution in [0.4, 0.5) is 16.2 Å². The zero-order valence-electron chi connectivity index (χ0n) is 16.7. The van der Waals surface area contributed by atoms with Crippen molar-refractivity contribution < 1.29 is 9.72 Å². The van der Waals surface area contributed by atoms with E-state index in [-0.39, 0.29) is 11.7 Å². The van der Waals surface area contributed by atoms with Crippen molar-refractivity contribution in [3.8, 4) is 11.1 Å². The summed E-state index contributed by atoms with van der Waals surface area (Å²) in [5.74, 6) is 0.345. The number of amides is 1. The van der Waals surface area contributed by atoms with E-state index in [4.69, 9.17) is 0 Å². The SMILES string of the molecule is CC(C)c1ccccc1-c1cn(C(=O)Nc2ccc([N+](=O)[O-])cc2)c2ccccc12.